The van der Waals surface area contributed by atoms with Crippen LogP contribution in [0, 0.1) is 0 Å². The SMILES string of the molecule is CN1CCCNN(C)C1(C)C. The van der Waals surface area contributed by atoms with E-state index in [0.29, 0.717) is 0 Å². The maximum Gasteiger partial charge on any atom is 0.0807 e. The zero-order valence-corrected chi connectivity index (χ0v) is 8.02. The first-order chi connectivity index (χ1) is 5.05. The number of hydrazine groups is 1. The molecular formula is C8H19N3. The van der Waals surface area contributed by atoms with Crippen molar-refractivity contribution in [2.24, 2.45) is 0 Å². The number of hydrogen-bond acceptors (Lipinski definition) is 3. The maximum atomic E-state index is 3.36. The highest BCUT2D eigenvalue weighted by Gasteiger charge is 2.29. The van der Waals surface area contributed by atoms with Gasteiger partial charge in [-0.2, -0.15) is 0 Å². The van der Waals surface area contributed by atoms with E-state index < -0.39 is 0 Å². The molecule has 1 N–H and O–H groups in total. The van der Waals surface area contributed by atoms with E-state index in [-0.39, 0.29) is 5.66 Å². The van der Waals surface area contributed by atoms with Crippen molar-refractivity contribution in [1.82, 2.24) is 15.3 Å². The van der Waals surface area contributed by atoms with Crippen molar-refractivity contribution in [2.75, 3.05) is 27.2 Å². The molecule has 1 aliphatic rings. The molecule has 1 heterocycles. The van der Waals surface area contributed by atoms with Crippen LogP contribution in [-0.4, -0.2) is 42.8 Å². The lowest BCUT2D eigenvalue weighted by Crippen LogP contribution is -2.56. The molecule has 0 aromatic rings. The summed E-state index contributed by atoms with van der Waals surface area (Å²) >= 11 is 0. The third-order valence-electron chi connectivity index (χ3n) is 2.77. The van der Waals surface area contributed by atoms with Crippen LogP contribution in [0.2, 0.25) is 0 Å². The predicted molar refractivity (Wildman–Crippen MR) is 47.1 cm³/mol. The van der Waals surface area contributed by atoms with Crippen molar-refractivity contribution in [2.45, 2.75) is 25.9 Å². The monoisotopic (exact) mass is 157 g/mol. The molecule has 0 amide bonds. The molecule has 0 bridgehead atoms. The minimum atomic E-state index is 0.135. The van der Waals surface area contributed by atoms with Crippen LogP contribution in [0.5, 0.6) is 0 Å². The van der Waals surface area contributed by atoms with E-state index in [2.05, 4.69) is 43.3 Å². The van der Waals surface area contributed by atoms with Crippen molar-refractivity contribution in [1.29, 1.82) is 0 Å². The summed E-state index contributed by atoms with van der Waals surface area (Å²) in [6.45, 7) is 6.71. The quantitative estimate of drug-likeness (QED) is 0.552. The van der Waals surface area contributed by atoms with E-state index in [4.69, 9.17) is 0 Å². The molecule has 0 unspecified atom stereocenters. The van der Waals surface area contributed by atoms with Crippen LogP contribution >= 0.6 is 0 Å². The van der Waals surface area contributed by atoms with Gasteiger partial charge in [0.15, 0.2) is 0 Å². The van der Waals surface area contributed by atoms with Gasteiger partial charge in [-0.05, 0) is 27.3 Å². The van der Waals surface area contributed by atoms with Crippen molar-refractivity contribution in [3.8, 4) is 0 Å². The van der Waals surface area contributed by atoms with E-state index in [0.717, 1.165) is 6.54 Å². The first kappa shape index (κ1) is 8.97. The lowest BCUT2D eigenvalue weighted by Gasteiger charge is -2.40. The van der Waals surface area contributed by atoms with Crippen LogP contribution in [0.15, 0.2) is 0 Å². The molecule has 0 aliphatic carbocycles. The Morgan fingerprint density at radius 3 is 2.55 bits per heavy atom. The Morgan fingerprint density at radius 1 is 1.27 bits per heavy atom. The van der Waals surface area contributed by atoms with E-state index in [1.807, 2.05) is 0 Å². The van der Waals surface area contributed by atoms with E-state index in [9.17, 15) is 0 Å². The Balaban J connectivity index is 2.67. The summed E-state index contributed by atoms with van der Waals surface area (Å²) in [5.41, 5.74) is 3.49. The van der Waals surface area contributed by atoms with E-state index in [1.54, 1.807) is 0 Å². The summed E-state index contributed by atoms with van der Waals surface area (Å²) in [7, 11) is 4.27. The lowest BCUT2D eigenvalue weighted by atomic mass is 10.2. The highest BCUT2D eigenvalue weighted by atomic mass is 15.6. The Bertz CT molecular complexity index is 119. The normalized spacial score (nSPS) is 28.4. The molecule has 3 heteroatoms. The van der Waals surface area contributed by atoms with Gasteiger partial charge >= 0.3 is 0 Å². The number of rotatable bonds is 0. The molecule has 1 saturated heterocycles. The van der Waals surface area contributed by atoms with Crippen molar-refractivity contribution in [3.63, 3.8) is 0 Å². The fourth-order valence-corrected chi connectivity index (χ4v) is 1.29. The minimum absolute atomic E-state index is 0.135. The van der Waals surface area contributed by atoms with Gasteiger partial charge in [-0.25, -0.2) is 5.01 Å². The molecule has 11 heavy (non-hydrogen) atoms. The van der Waals surface area contributed by atoms with Gasteiger partial charge in [-0.1, -0.05) is 0 Å². The van der Waals surface area contributed by atoms with Gasteiger partial charge in [0.2, 0.25) is 0 Å². The molecular weight excluding hydrogens is 138 g/mol. The average Bonchev–Trinajstić information content (AvgIpc) is 2.03. The van der Waals surface area contributed by atoms with Gasteiger partial charge in [-0.15, -0.1) is 0 Å². The Kier molecular flexibility index (Phi) is 2.52. The van der Waals surface area contributed by atoms with E-state index in [1.165, 1.54) is 13.0 Å². The molecule has 1 aliphatic heterocycles. The van der Waals surface area contributed by atoms with Gasteiger partial charge in [0.1, 0.15) is 0 Å². The highest BCUT2D eigenvalue weighted by Crippen LogP contribution is 2.16. The third-order valence-corrected chi connectivity index (χ3v) is 2.77. The zero-order chi connectivity index (χ0) is 8.48. The summed E-state index contributed by atoms with van der Waals surface area (Å²) in [5, 5.41) is 2.18. The lowest BCUT2D eigenvalue weighted by molar-refractivity contribution is -0.0131. The van der Waals surface area contributed by atoms with Crippen LogP contribution in [-0.2, 0) is 0 Å². The van der Waals surface area contributed by atoms with Gasteiger partial charge in [0, 0.05) is 20.1 Å². The van der Waals surface area contributed by atoms with Gasteiger partial charge in [-0.3, -0.25) is 10.3 Å². The fraction of sp³-hybridized carbons (Fsp3) is 1.00. The van der Waals surface area contributed by atoms with Crippen molar-refractivity contribution >= 4 is 0 Å². The fourth-order valence-electron chi connectivity index (χ4n) is 1.29. The van der Waals surface area contributed by atoms with Crippen LogP contribution in [0.4, 0.5) is 0 Å². The van der Waals surface area contributed by atoms with Crippen LogP contribution < -0.4 is 5.43 Å². The van der Waals surface area contributed by atoms with Crippen molar-refractivity contribution < 1.29 is 0 Å². The summed E-state index contributed by atoms with van der Waals surface area (Å²) < 4.78 is 0. The first-order valence-corrected chi connectivity index (χ1v) is 4.24. The molecule has 0 spiro atoms. The Hall–Kier alpha value is -0.120. The molecule has 0 saturated carbocycles. The van der Waals surface area contributed by atoms with Crippen molar-refractivity contribution in [3.05, 3.63) is 0 Å². The Morgan fingerprint density at radius 2 is 1.91 bits per heavy atom. The van der Waals surface area contributed by atoms with Crippen LogP contribution in [0.3, 0.4) is 0 Å². The topological polar surface area (TPSA) is 18.5 Å². The standard InChI is InChI=1S/C8H19N3/c1-8(2)10(3)7-5-6-9-11(8)4/h9H,5-7H2,1-4H3. The smallest absolute Gasteiger partial charge is 0.0807 e. The molecule has 66 valence electrons. The molecule has 1 rings (SSSR count). The molecule has 0 aromatic carbocycles. The van der Waals surface area contributed by atoms with Crippen LogP contribution in [0.1, 0.15) is 20.3 Å². The highest BCUT2D eigenvalue weighted by molar-refractivity contribution is 4.78. The van der Waals surface area contributed by atoms with Gasteiger partial charge < -0.3 is 0 Å². The second-order valence-electron chi connectivity index (χ2n) is 3.74. The second-order valence-corrected chi connectivity index (χ2v) is 3.74. The van der Waals surface area contributed by atoms with Crippen LogP contribution in [0.25, 0.3) is 0 Å². The molecule has 1 fully saturated rings. The first-order valence-electron chi connectivity index (χ1n) is 4.24. The maximum absolute atomic E-state index is 3.36. The average molecular weight is 157 g/mol. The number of nitrogens with one attached hydrogen (secondary N) is 1. The molecule has 0 atom stereocenters. The second kappa shape index (κ2) is 3.09. The molecule has 0 aromatic heterocycles. The molecule has 0 radical (unpaired) electrons. The summed E-state index contributed by atoms with van der Waals surface area (Å²) in [6.07, 6.45) is 1.23. The summed E-state index contributed by atoms with van der Waals surface area (Å²) in [6, 6.07) is 0. The van der Waals surface area contributed by atoms with Gasteiger partial charge in [0.05, 0.1) is 5.66 Å². The molecule has 3 nitrogen and oxygen atoms in total. The minimum Gasteiger partial charge on any atom is -0.288 e. The van der Waals surface area contributed by atoms with Gasteiger partial charge in [0.25, 0.3) is 0 Å². The summed E-state index contributed by atoms with van der Waals surface area (Å²) in [4.78, 5) is 2.37. The largest absolute Gasteiger partial charge is 0.288 e. The number of nitrogens with zero attached hydrogens (tertiary/aromatic N) is 2. The predicted octanol–water partition coefficient (Wildman–Crippen LogP) is 0.494. The van der Waals surface area contributed by atoms with E-state index >= 15 is 0 Å². The Labute approximate surface area is 69.3 Å². The number of hydrogen-bond donors (Lipinski definition) is 1. The zero-order valence-electron chi connectivity index (χ0n) is 8.02. The summed E-state index contributed by atoms with van der Waals surface area (Å²) in [5.74, 6) is 0. The third kappa shape index (κ3) is 1.72.